The van der Waals surface area contributed by atoms with Crippen LogP contribution in [0.2, 0.25) is 0 Å². The van der Waals surface area contributed by atoms with Crippen molar-refractivity contribution in [2.75, 3.05) is 0 Å². The first-order valence-electron chi connectivity index (χ1n) is 0. The van der Waals surface area contributed by atoms with Crippen molar-refractivity contribution in [2.45, 2.75) is 0 Å². The van der Waals surface area contributed by atoms with Gasteiger partial charge in [0.05, 0.1) is 0 Å². The summed E-state index contributed by atoms with van der Waals surface area (Å²) in [6, 6.07) is 0. The second-order valence-electron chi connectivity index (χ2n) is 0. The Bertz CT molecular complexity index is 11.6. The fourth-order valence-corrected chi connectivity index (χ4v) is 0. The van der Waals surface area contributed by atoms with Crippen molar-refractivity contribution in [3.63, 3.8) is 0 Å². The van der Waals surface area contributed by atoms with Crippen LogP contribution in [0.4, 0.5) is 0 Å². The van der Waals surface area contributed by atoms with E-state index in [0.717, 1.165) is 0 Å². The van der Waals surface area contributed by atoms with E-state index in [2.05, 4.69) is 0 Å². The predicted molar refractivity (Wildman–Crippen MR) is 0.686 cm³/mol. The van der Waals surface area contributed by atoms with Gasteiger partial charge in [-0.1, -0.05) is 0 Å². The van der Waals surface area contributed by atoms with Gasteiger partial charge in [-0.15, -0.1) is 0 Å². The molecule has 0 saturated carbocycles. The Morgan fingerprint density at radius 3 is 1.00 bits per heavy atom. The normalized spacial score (nSPS) is 0. The van der Waals surface area contributed by atoms with E-state index in [-0.39, 0.29) is 156 Å². The van der Waals surface area contributed by atoms with E-state index in [0.29, 0.717) is 0 Å². The van der Waals surface area contributed by atoms with Crippen molar-refractivity contribution >= 4 is 0 Å². The first-order chi connectivity index (χ1) is 0. The SMILES string of the molecule is [Ce+3].[Nd+3].[O-2].[Pr+3].[Zr+4]. The first-order valence-corrected chi connectivity index (χ1v) is 0. The van der Waals surface area contributed by atoms with Crippen molar-refractivity contribution in [3.8, 4) is 0 Å². The van der Waals surface area contributed by atoms with Crippen LogP contribution in [-0.4, -0.2) is 0 Å². The van der Waals surface area contributed by atoms with E-state index >= 15 is 0 Å². The summed E-state index contributed by atoms with van der Waals surface area (Å²) >= 11 is 0. The molecule has 0 heterocycles. The molecule has 5 heavy (non-hydrogen) atoms. The topological polar surface area (TPSA) is 28.5 Å². The van der Waals surface area contributed by atoms with E-state index in [1.165, 1.54) is 0 Å². The zero-order valence-electron chi connectivity index (χ0n) is 2.49. The number of rotatable bonds is 0. The largest absolute Gasteiger partial charge is 4.00 e. The van der Waals surface area contributed by atoms with Gasteiger partial charge in [-0.3, -0.25) is 0 Å². The van der Waals surface area contributed by atoms with E-state index in [1.807, 2.05) is 0 Å². The molecule has 0 atom stereocenters. The summed E-state index contributed by atoms with van der Waals surface area (Å²) in [6.07, 6.45) is 0. The molecule has 2 radical (unpaired) electrons. The molecule has 0 spiro atoms. The third-order valence-corrected chi connectivity index (χ3v) is 0. The van der Waals surface area contributed by atoms with Crippen LogP contribution in [0.3, 0.4) is 0 Å². The summed E-state index contributed by atoms with van der Waals surface area (Å²) in [4.78, 5) is 0. The zero-order valence-corrected chi connectivity index (χ0v) is 15.0. The van der Waals surface area contributed by atoms with Gasteiger partial charge in [0.2, 0.25) is 0 Å². The van der Waals surface area contributed by atoms with Crippen molar-refractivity contribution in [3.05, 3.63) is 0 Å². The van der Waals surface area contributed by atoms with Crippen LogP contribution >= 0.6 is 0 Å². The van der Waals surface area contributed by atoms with Gasteiger partial charge in [-0.05, 0) is 0 Å². The summed E-state index contributed by atoms with van der Waals surface area (Å²) in [5.74, 6) is 0. The molecule has 10 valence electrons. The monoisotopic (exact) mass is 529 g/mol. The summed E-state index contributed by atoms with van der Waals surface area (Å²) in [7, 11) is 0. The molecular weight excluding hydrogens is 532 g/mol. The van der Waals surface area contributed by atoms with Crippen LogP contribution in [0.5, 0.6) is 0 Å². The minimum absolute atomic E-state index is 0. The Morgan fingerprint density at radius 2 is 1.00 bits per heavy atom. The maximum Gasteiger partial charge on any atom is 4.00 e. The van der Waals surface area contributed by atoms with Crippen molar-refractivity contribution in [2.24, 2.45) is 0 Å². The summed E-state index contributed by atoms with van der Waals surface area (Å²) in [5.41, 5.74) is 0. The van der Waals surface area contributed by atoms with Gasteiger partial charge in [0.1, 0.15) is 0 Å². The third-order valence-electron chi connectivity index (χ3n) is 0. The van der Waals surface area contributed by atoms with E-state index in [1.54, 1.807) is 0 Å². The van der Waals surface area contributed by atoms with Crippen molar-refractivity contribution < 1.29 is 156 Å². The van der Waals surface area contributed by atoms with Crippen LogP contribution in [0.25, 0.3) is 0 Å². The van der Waals surface area contributed by atoms with Gasteiger partial charge in [-0.2, -0.15) is 0 Å². The molecular formula is CeNdOPrZr+11. The van der Waals surface area contributed by atoms with Crippen LogP contribution in [0.1, 0.15) is 0 Å². The molecule has 0 aliphatic rings. The Hall–Kier alpha value is 4.93. The molecule has 0 rings (SSSR count). The van der Waals surface area contributed by atoms with Crippen LogP contribution in [-0.2, 0) is 31.7 Å². The molecule has 5 heteroatoms. The van der Waals surface area contributed by atoms with E-state index in [9.17, 15) is 0 Å². The Morgan fingerprint density at radius 1 is 1.00 bits per heavy atom. The molecule has 0 saturated heterocycles. The van der Waals surface area contributed by atoms with Crippen LogP contribution in [0.15, 0.2) is 0 Å². The van der Waals surface area contributed by atoms with Gasteiger partial charge in [-0.25, -0.2) is 0 Å². The fourth-order valence-electron chi connectivity index (χ4n) is 0. The molecule has 1 nitrogen and oxygen atoms in total. The maximum absolute atomic E-state index is 0. The molecule has 0 aliphatic carbocycles. The molecule has 0 unspecified atom stereocenters. The standard InChI is InChI=1S/Ce.Nd.O.Pr.Zr/q2*+3;-2;+3;+4. The summed E-state index contributed by atoms with van der Waals surface area (Å²) in [6.45, 7) is 0. The molecule has 0 bridgehead atoms. The Balaban J connectivity index is 0. The van der Waals surface area contributed by atoms with Gasteiger partial charge in [0.25, 0.3) is 0 Å². The first kappa shape index (κ1) is 32.6. The minimum Gasteiger partial charge on any atom is -2.00 e. The van der Waals surface area contributed by atoms with E-state index in [4.69, 9.17) is 0 Å². The molecule has 0 N–H and O–H groups in total. The quantitative estimate of drug-likeness (QED) is 0.417. The molecule has 0 fully saturated rings. The second-order valence-corrected chi connectivity index (χ2v) is 0. The van der Waals surface area contributed by atoms with Gasteiger partial charge in [0.15, 0.2) is 0 Å². The smallest absolute Gasteiger partial charge is 2.00 e. The van der Waals surface area contributed by atoms with Gasteiger partial charge in [0, 0.05) is 0 Å². The van der Waals surface area contributed by atoms with Crippen LogP contribution < -0.4 is 0 Å². The Labute approximate surface area is 150 Å². The summed E-state index contributed by atoms with van der Waals surface area (Å²) < 4.78 is 0. The minimum atomic E-state index is 0. The molecule has 0 aliphatic heterocycles. The molecule has 0 amide bonds. The van der Waals surface area contributed by atoms with Crippen molar-refractivity contribution in [1.29, 1.82) is 0 Å². The maximum atomic E-state index is 0. The average Bonchev–Trinajstić information content (AvgIpc) is 0. The van der Waals surface area contributed by atoms with Crippen molar-refractivity contribution in [1.82, 2.24) is 0 Å². The van der Waals surface area contributed by atoms with E-state index < -0.39 is 0 Å². The molecule has 0 aromatic heterocycles. The predicted octanol–water partition coefficient (Wildman–Crippen LogP) is -0.121. The number of hydrogen-bond donors (Lipinski definition) is 0. The molecule has 0 aromatic rings. The van der Waals surface area contributed by atoms with Gasteiger partial charge < -0.3 is 5.48 Å². The number of hydrogen-bond acceptors (Lipinski definition) is 0. The van der Waals surface area contributed by atoms with Crippen LogP contribution in [0, 0.1) is 124 Å². The van der Waals surface area contributed by atoms with Gasteiger partial charge >= 0.3 is 150 Å². The fraction of sp³-hybridized carbons (Fsp3) is 0. The Kier molecular flexibility index (Phi) is 150. The average molecular weight is 532 g/mol. The second kappa shape index (κ2) is 23.1. The zero-order chi connectivity index (χ0) is 0. The summed E-state index contributed by atoms with van der Waals surface area (Å²) in [5, 5.41) is 0. The molecule has 0 aromatic carbocycles. The third kappa shape index (κ3) is 17.6.